The smallest absolute Gasteiger partial charge is 0.237 e. The molecular formula is C12H23N3O. The topological polar surface area (TPSA) is 58.4 Å². The van der Waals surface area contributed by atoms with Crippen molar-refractivity contribution >= 4 is 5.91 Å². The summed E-state index contributed by atoms with van der Waals surface area (Å²) < 4.78 is 0. The van der Waals surface area contributed by atoms with Gasteiger partial charge in [0.15, 0.2) is 0 Å². The molecule has 3 N–H and O–H groups in total. The van der Waals surface area contributed by atoms with Gasteiger partial charge in [-0.05, 0) is 38.1 Å². The number of carbonyl (C=O) groups is 1. The molecule has 0 aromatic carbocycles. The van der Waals surface area contributed by atoms with E-state index in [0.29, 0.717) is 18.5 Å². The second-order valence-corrected chi connectivity index (χ2v) is 5.11. The van der Waals surface area contributed by atoms with Crippen LogP contribution in [0.5, 0.6) is 0 Å². The average molecular weight is 225 g/mol. The molecule has 2 saturated heterocycles. The predicted molar refractivity (Wildman–Crippen MR) is 64.0 cm³/mol. The fourth-order valence-corrected chi connectivity index (χ4v) is 3.03. The summed E-state index contributed by atoms with van der Waals surface area (Å²) in [6.07, 6.45) is 4.42. The Morgan fingerprint density at radius 2 is 2.25 bits per heavy atom. The Kier molecular flexibility index (Phi) is 3.82. The van der Waals surface area contributed by atoms with Crippen LogP contribution >= 0.6 is 0 Å². The molecule has 3 atom stereocenters. The highest BCUT2D eigenvalue weighted by molar-refractivity contribution is 5.82. The van der Waals surface area contributed by atoms with E-state index in [4.69, 9.17) is 5.73 Å². The molecule has 0 aromatic rings. The minimum absolute atomic E-state index is 0.0704. The van der Waals surface area contributed by atoms with Gasteiger partial charge in [0.05, 0.1) is 6.04 Å². The Bertz CT molecular complexity index is 257. The molecule has 2 aliphatic rings. The van der Waals surface area contributed by atoms with Crippen LogP contribution in [-0.2, 0) is 4.79 Å². The lowest BCUT2D eigenvalue weighted by molar-refractivity contribution is -0.126. The normalized spacial score (nSPS) is 37.1. The third-order valence-corrected chi connectivity index (χ3v) is 4.07. The second-order valence-electron chi connectivity index (χ2n) is 5.11. The number of hydrogen-bond donors (Lipinski definition) is 2. The highest BCUT2D eigenvalue weighted by Crippen LogP contribution is 2.27. The van der Waals surface area contributed by atoms with Gasteiger partial charge < -0.3 is 11.1 Å². The van der Waals surface area contributed by atoms with Crippen molar-refractivity contribution in [2.75, 3.05) is 19.6 Å². The van der Waals surface area contributed by atoms with Crippen molar-refractivity contribution in [3.05, 3.63) is 0 Å². The number of likely N-dealkylation sites (tertiary alicyclic amines) is 1. The molecule has 0 bridgehead atoms. The van der Waals surface area contributed by atoms with Crippen LogP contribution in [0.25, 0.3) is 0 Å². The van der Waals surface area contributed by atoms with Crippen LogP contribution in [0.3, 0.4) is 0 Å². The third kappa shape index (κ3) is 2.23. The van der Waals surface area contributed by atoms with Crippen LogP contribution in [0.4, 0.5) is 0 Å². The van der Waals surface area contributed by atoms with Crippen LogP contribution < -0.4 is 11.1 Å². The lowest BCUT2D eigenvalue weighted by Crippen LogP contribution is -2.50. The van der Waals surface area contributed by atoms with Gasteiger partial charge in [0.1, 0.15) is 0 Å². The fraction of sp³-hybridized carbons (Fsp3) is 0.917. The van der Waals surface area contributed by atoms with Gasteiger partial charge in [-0.15, -0.1) is 0 Å². The molecular weight excluding hydrogens is 202 g/mol. The number of nitrogens with two attached hydrogens (primary N) is 1. The molecule has 0 aromatic heterocycles. The Labute approximate surface area is 97.6 Å². The van der Waals surface area contributed by atoms with Gasteiger partial charge in [0.2, 0.25) is 5.91 Å². The Balaban J connectivity index is 2.07. The van der Waals surface area contributed by atoms with Gasteiger partial charge in [0.25, 0.3) is 0 Å². The zero-order valence-electron chi connectivity index (χ0n) is 10.1. The molecule has 2 aliphatic heterocycles. The van der Waals surface area contributed by atoms with Gasteiger partial charge in [-0.1, -0.05) is 6.92 Å². The van der Waals surface area contributed by atoms with Gasteiger partial charge in [0, 0.05) is 19.1 Å². The molecule has 1 amide bonds. The quantitative estimate of drug-likeness (QED) is 0.712. The molecule has 2 fully saturated rings. The minimum atomic E-state index is 0.0704. The molecule has 4 heteroatoms. The van der Waals surface area contributed by atoms with Crippen molar-refractivity contribution in [2.45, 2.75) is 44.7 Å². The minimum Gasteiger partial charge on any atom is -0.355 e. The lowest BCUT2D eigenvalue weighted by atomic mass is 10.0. The van der Waals surface area contributed by atoms with Crippen molar-refractivity contribution in [3.63, 3.8) is 0 Å². The van der Waals surface area contributed by atoms with Crippen molar-refractivity contribution in [1.82, 2.24) is 10.2 Å². The van der Waals surface area contributed by atoms with E-state index in [2.05, 4.69) is 17.1 Å². The summed E-state index contributed by atoms with van der Waals surface area (Å²) in [5.41, 5.74) is 5.83. The van der Waals surface area contributed by atoms with E-state index in [1.165, 1.54) is 6.42 Å². The number of rotatable bonds is 2. The van der Waals surface area contributed by atoms with Crippen molar-refractivity contribution in [2.24, 2.45) is 11.7 Å². The molecule has 92 valence electrons. The summed E-state index contributed by atoms with van der Waals surface area (Å²) in [6.45, 7) is 4.78. The summed E-state index contributed by atoms with van der Waals surface area (Å²) >= 11 is 0. The van der Waals surface area contributed by atoms with Crippen LogP contribution in [0, 0.1) is 5.92 Å². The lowest BCUT2D eigenvalue weighted by Gasteiger charge is -2.31. The first kappa shape index (κ1) is 11.9. The Morgan fingerprint density at radius 1 is 1.44 bits per heavy atom. The highest BCUT2D eigenvalue weighted by atomic mass is 16.2. The first-order valence-corrected chi connectivity index (χ1v) is 6.47. The maximum Gasteiger partial charge on any atom is 0.237 e. The number of nitrogens with one attached hydrogen (secondary N) is 1. The van der Waals surface area contributed by atoms with Crippen LogP contribution in [0.15, 0.2) is 0 Å². The summed E-state index contributed by atoms with van der Waals surface area (Å²) in [5, 5.41) is 3.01. The maximum absolute atomic E-state index is 12.0. The predicted octanol–water partition coefficient (Wildman–Crippen LogP) is 0.324. The van der Waals surface area contributed by atoms with Crippen LogP contribution in [0.2, 0.25) is 0 Å². The fourth-order valence-electron chi connectivity index (χ4n) is 3.03. The zero-order chi connectivity index (χ0) is 11.5. The first-order chi connectivity index (χ1) is 7.74. The number of hydrogen-bond acceptors (Lipinski definition) is 3. The zero-order valence-corrected chi connectivity index (χ0v) is 10.1. The van der Waals surface area contributed by atoms with Crippen molar-refractivity contribution in [1.29, 1.82) is 0 Å². The highest BCUT2D eigenvalue weighted by Gasteiger charge is 2.37. The average Bonchev–Trinajstić information content (AvgIpc) is 2.50. The van der Waals surface area contributed by atoms with Gasteiger partial charge in [-0.25, -0.2) is 0 Å². The monoisotopic (exact) mass is 225 g/mol. The van der Waals surface area contributed by atoms with E-state index < -0.39 is 0 Å². The molecule has 0 saturated carbocycles. The number of nitrogens with zero attached hydrogens (tertiary/aromatic N) is 1. The third-order valence-electron chi connectivity index (χ3n) is 4.07. The van der Waals surface area contributed by atoms with Crippen molar-refractivity contribution < 1.29 is 4.79 Å². The summed E-state index contributed by atoms with van der Waals surface area (Å²) in [5.74, 6) is 0.839. The maximum atomic E-state index is 12.0. The van der Waals surface area contributed by atoms with E-state index in [1.807, 2.05) is 0 Å². The van der Waals surface area contributed by atoms with Crippen LogP contribution in [-0.4, -0.2) is 42.5 Å². The Hall–Kier alpha value is -0.610. The summed E-state index contributed by atoms with van der Waals surface area (Å²) in [4.78, 5) is 14.3. The summed E-state index contributed by atoms with van der Waals surface area (Å²) in [7, 11) is 0. The van der Waals surface area contributed by atoms with E-state index in [0.717, 1.165) is 32.4 Å². The molecule has 0 spiro atoms. The van der Waals surface area contributed by atoms with E-state index in [9.17, 15) is 4.79 Å². The molecule has 16 heavy (non-hydrogen) atoms. The van der Waals surface area contributed by atoms with E-state index in [1.54, 1.807) is 0 Å². The van der Waals surface area contributed by atoms with Gasteiger partial charge in [-0.3, -0.25) is 9.69 Å². The van der Waals surface area contributed by atoms with Crippen LogP contribution in [0.1, 0.15) is 32.6 Å². The number of carbonyl (C=O) groups excluding carboxylic acids is 1. The molecule has 3 unspecified atom stereocenters. The molecule has 2 heterocycles. The van der Waals surface area contributed by atoms with E-state index in [-0.39, 0.29) is 11.9 Å². The van der Waals surface area contributed by atoms with E-state index >= 15 is 0 Å². The SMILES string of the molecule is CC1CCN(C2CCCCNC2=O)C1CN. The first-order valence-electron chi connectivity index (χ1n) is 6.47. The molecule has 0 radical (unpaired) electrons. The molecule has 4 nitrogen and oxygen atoms in total. The summed E-state index contributed by atoms with van der Waals surface area (Å²) in [6, 6.07) is 0.467. The largest absolute Gasteiger partial charge is 0.355 e. The second kappa shape index (κ2) is 5.15. The molecule has 0 aliphatic carbocycles. The van der Waals surface area contributed by atoms with Gasteiger partial charge in [-0.2, -0.15) is 0 Å². The van der Waals surface area contributed by atoms with Crippen molar-refractivity contribution in [3.8, 4) is 0 Å². The Morgan fingerprint density at radius 3 is 3.00 bits per heavy atom. The number of amides is 1. The standard InChI is InChI=1S/C12H23N3O/c1-9-5-7-15(11(9)8-13)10-4-2-3-6-14-12(10)16/h9-11H,2-8,13H2,1H3,(H,14,16). The molecule has 2 rings (SSSR count). The van der Waals surface area contributed by atoms with Gasteiger partial charge >= 0.3 is 0 Å².